The van der Waals surface area contributed by atoms with E-state index in [-0.39, 0.29) is 29.7 Å². The number of aliphatic hydroxyl groups excluding tert-OH is 1. The number of aromatic amines is 1. The number of sulfonamides is 1. The molecule has 0 bridgehead atoms. The van der Waals surface area contributed by atoms with Gasteiger partial charge in [-0.15, -0.1) is 0 Å². The fourth-order valence-electron chi connectivity index (χ4n) is 1.34. The van der Waals surface area contributed by atoms with Crippen molar-refractivity contribution in [2.45, 2.75) is 31.9 Å². The van der Waals surface area contributed by atoms with Gasteiger partial charge in [0.1, 0.15) is 5.56 Å². The number of hydrogen-bond acceptors (Lipinski definition) is 6. The summed E-state index contributed by atoms with van der Waals surface area (Å²) in [5.74, 6) is -0.866. The molecule has 0 aliphatic rings. The fourth-order valence-corrected chi connectivity index (χ4v) is 2.47. The summed E-state index contributed by atoms with van der Waals surface area (Å²) in [7, 11) is -3.97. The minimum atomic E-state index is -3.97. The molecular formula is C11H19N3O5S. The molecule has 1 heterocycles. The zero-order valence-electron chi connectivity index (χ0n) is 11.6. The van der Waals surface area contributed by atoms with Gasteiger partial charge in [0.05, 0.1) is 18.9 Å². The van der Waals surface area contributed by atoms with Gasteiger partial charge >= 0.3 is 5.97 Å². The number of carbonyl (C=O) groups is 1. The van der Waals surface area contributed by atoms with Gasteiger partial charge in [-0.3, -0.25) is 5.10 Å². The van der Waals surface area contributed by atoms with Crippen LogP contribution in [0.5, 0.6) is 0 Å². The first-order valence-electron chi connectivity index (χ1n) is 6.17. The molecule has 9 heteroatoms. The molecule has 0 aliphatic heterocycles. The zero-order valence-corrected chi connectivity index (χ0v) is 12.4. The van der Waals surface area contributed by atoms with Gasteiger partial charge in [-0.25, -0.2) is 17.9 Å². The van der Waals surface area contributed by atoms with Gasteiger partial charge in [0.2, 0.25) is 0 Å². The summed E-state index contributed by atoms with van der Waals surface area (Å²) in [5.41, 5.74) is -0.168. The van der Waals surface area contributed by atoms with Crippen LogP contribution in [0.2, 0.25) is 0 Å². The second-order valence-corrected chi connectivity index (χ2v) is 6.20. The highest BCUT2D eigenvalue weighted by Gasteiger charge is 2.26. The van der Waals surface area contributed by atoms with Gasteiger partial charge in [-0.1, -0.05) is 13.8 Å². The Bertz CT molecular complexity index is 552. The SMILES string of the molecule is CCOC(=O)c1cn[nH]c1S(=O)(=O)NCC(O)C(C)C. The van der Waals surface area contributed by atoms with Crippen molar-refractivity contribution in [3.8, 4) is 0 Å². The van der Waals surface area contributed by atoms with Crippen molar-refractivity contribution < 1.29 is 23.1 Å². The van der Waals surface area contributed by atoms with E-state index in [1.807, 2.05) is 0 Å². The summed E-state index contributed by atoms with van der Waals surface area (Å²) in [4.78, 5) is 11.6. The lowest BCUT2D eigenvalue weighted by Crippen LogP contribution is -2.35. The molecule has 1 atom stereocenters. The molecule has 8 nitrogen and oxygen atoms in total. The third-order valence-electron chi connectivity index (χ3n) is 2.62. The van der Waals surface area contributed by atoms with E-state index in [4.69, 9.17) is 4.74 Å². The van der Waals surface area contributed by atoms with Crippen LogP contribution < -0.4 is 4.72 Å². The standard InChI is InChI=1S/C11H19N3O5S/c1-4-19-11(16)8-5-12-14-10(8)20(17,18)13-6-9(15)7(2)3/h5,7,9,13,15H,4,6H2,1-3H3,(H,12,14). The third kappa shape index (κ3) is 4.02. The highest BCUT2D eigenvalue weighted by atomic mass is 32.2. The minimum absolute atomic E-state index is 0.0935. The Morgan fingerprint density at radius 3 is 2.75 bits per heavy atom. The summed E-state index contributed by atoms with van der Waals surface area (Å²) < 4.78 is 31.1. The molecule has 0 amide bonds. The Morgan fingerprint density at radius 2 is 2.20 bits per heavy atom. The first-order valence-corrected chi connectivity index (χ1v) is 7.66. The zero-order chi connectivity index (χ0) is 15.3. The van der Waals surface area contributed by atoms with E-state index in [9.17, 15) is 18.3 Å². The van der Waals surface area contributed by atoms with Crippen LogP contribution in [0.25, 0.3) is 0 Å². The maximum atomic E-state index is 12.0. The first-order chi connectivity index (χ1) is 9.29. The number of nitrogens with zero attached hydrogens (tertiary/aromatic N) is 1. The quantitative estimate of drug-likeness (QED) is 0.604. The van der Waals surface area contributed by atoms with E-state index in [2.05, 4.69) is 14.9 Å². The number of carbonyl (C=O) groups excluding carboxylic acids is 1. The van der Waals surface area contributed by atoms with Crippen LogP contribution in [-0.2, 0) is 14.8 Å². The lowest BCUT2D eigenvalue weighted by Gasteiger charge is -2.15. The lowest BCUT2D eigenvalue weighted by atomic mass is 10.1. The molecule has 0 spiro atoms. The predicted octanol–water partition coefficient (Wildman–Crippen LogP) is -0.118. The largest absolute Gasteiger partial charge is 0.462 e. The number of ether oxygens (including phenoxy) is 1. The summed E-state index contributed by atoms with van der Waals surface area (Å²) in [6.45, 7) is 5.12. The van der Waals surface area contributed by atoms with Crippen LogP contribution in [0.1, 0.15) is 31.1 Å². The second-order valence-electron chi connectivity index (χ2n) is 4.50. The number of hydrogen-bond donors (Lipinski definition) is 3. The number of aromatic nitrogens is 2. The molecule has 114 valence electrons. The average Bonchev–Trinajstić information content (AvgIpc) is 2.86. The van der Waals surface area contributed by atoms with Crippen LogP contribution in [0.3, 0.4) is 0 Å². The fraction of sp³-hybridized carbons (Fsp3) is 0.636. The Hall–Kier alpha value is -1.45. The topological polar surface area (TPSA) is 121 Å². The number of nitrogens with one attached hydrogen (secondary N) is 2. The summed E-state index contributed by atoms with van der Waals surface area (Å²) >= 11 is 0. The van der Waals surface area contributed by atoms with Crippen molar-refractivity contribution in [3.63, 3.8) is 0 Å². The summed E-state index contributed by atoms with van der Waals surface area (Å²) in [6.07, 6.45) is 0.268. The predicted molar refractivity (Wildman–Crippen MR) is 70.6 cm³/mol. The van der Waals surface area contributed by atoms with Crippen molar-refractivity contribution in [1.82, 2.24) is 14.9 Å². The van der Waals surface area contributed by atoms with Crippen LogP contribution >= 0.6 is 0 Å². The van der Waals surface area contributed by atoms with Crippen molar-refractivity contribution >= 4 is 16.0 Å². The Balaban J connectivity index is 2.88. The van der Waals surface area contributed by atoms with E-state index in [0.717, 1.165) is 6.20 Å². The molecule has 0 saturated heterocycles. The summed E-state index contributed by atoms with van der Waals surface area (Å²) in [5, 5.41) is 15.0. The van der Waals surface area contributed by atoms with Crippen molar-refractivity contribution in [3.05, 3.63) is 11.8 Å². The Kier molecular flexibility index (Phi) is 5.66. The molecule has 1 aromatic rings. The molecule has 0 radical (unpaired) electrons. The van der Waals surface area contributed by atoms with E-state index in [1.165, 1.54) is 0 Å². The Morgan fingerprint density at radius 1 is 1.55 bits per heavy atom. The molecule has 20 heavy (non-hydrogen) atoms. The maximum Gasteiger partial charge on any atom is 0.342 e. The average molecular weight is 305 g/mol. The molecule has 3 N–H and O–H groups in total. The number of H-pyrrole nitrogens is 1. The molecule has 0 aliphatic carbocycles. The maximum absolute atomic E-state index is 12.0. The number of aliphatic hydroxyl groups is 1. The molecule has 0 fully saturated rings. The van der Waals surface area contributed by atoms with E-state index in [0.29, 0.717) is 0 Å². The third-order valence-corrected chi connectivity index (χ3v) is 4.02. The van der Waals surface area contributed by atoms with Gasteiger partial charge in [-0.2, -0.15) is 5.10 Å². The highest BCUT2D eigenvalue weighted by molar-refractivity contribution is 7.89. The summed E-state index contributed by atoms with van der Waals surface area (Å²) in [6, 6.07) is 0. The van der Waals surface area contributed by atoms with E-state index >= 15 is 0 Å². The number of esters is 1. The smallest absolute Gasteiger partial charge is 0.342 e. The van der Waals surface area contributed by atoms with Crippen molar-refractivity contribution in [1.29, 1.82) is 0 Å². The first kappa shape index (κ1) is 16.6. The Labute approximate surface area is 117 Å². The second kappa shape index (κ2) is 6.82. The number of rotatable bonds is 7. The van der Waals surface area contributed by atoms with Crippen LogP contribution in [0.4, 0.5) is 0 Å². The minimum Gasteiger partial charge on any atom is -0.462 e. The van der Waals surface area contributed by atoms with Crippen molar-refractivity contribution in [2.75, 3.05) is 13.2 Å². The lowest BCUT2D eigenvalue weighted by molar-refractivity contribution is 0.0522. The molecule has 1 aromatic heterocycles. The van der Waals surface area contributed by atoms with Gasteiger partial charge in [0.15, 0.2) is 5.03 Å². The van der Waals surface area contributed by atoms with Gasteiger partial charge < -0.3 is 9.84 Å². The van der Waals surface area contributed by atoms with Gasteiger partial charge in [-0.05, 0) is 12.8 Å². The van der Waals surface area contributed by atoms with Crippen molar-refractivity contribution in [2.24, 2.45) is 5.92 Å². The highest BCUT2D eigenvalue weighted by Crippen LogP contribution is 2.13. The van der Waals surface area contributed by atoms with Crippen LogP contribution in [0, 0.1) is 5.92 Å². The van der Waals surface area contributed by atoms with E-state index in [1.54, 1.807) is 20.8 Å². The molecule has 1 rings (SSSR count). The van der Waals surface area contributed by atoms with Crippen LogP contribution in [-0.4, -0.2) is 48.9 Å². The van der Waals surface area contributed by atoms with Crippen LogP contribution in [0.15, 0.2) is 11.2 Å². The molecule has 0 saturated carbocycles. The monoisotopic (exact) mass is 305 g/mol. The molecule has 1 unspecified atom stereocenters. The normalized spacial score (nSPS) is 13.4. The van der Waals surface area contributed by atoms with Gasteiger partial charge in [0, 0.05) is 6.54 Å². The molecular weight excluding hydrogens is 286 g/mol. The molecule has 0 aromatic carbocycles. The van der Waals surface area contributed by atoms with Gasteiger partial charge in [0.25, 0.3) is 10.0 Å². The van der Waals surface area contributed by atoms with E-state index < -0.39 is 22.1 Å².